The molecule has 1 aliphatic rings. The van der Waals surface area contributed by atoms with Gasteiger partial charge < -0.3 is 10.2 Å². The van der Waals surface area contributed by atoms with Crippen LogP contribution in [0.4, 0.5) is 11.5 Å². The van der Waals surface area contributed by atoms with E-state index in [1.54, 1.807) is 12.1 Å². The number of nitrogens with one attached hydrogen (secondary N) is 1. The van der Waals surface area contributed by atoms with Gasteiger partial charge >= 0.3 is 0 Å². The Bertz CT molecular complexity index is 1320. The molecule has 0 unspecified atom stereocenters. The summed E-state index contributed by atoms with van der Waals surface area (Å²) in [6.07, 6.45) is 1.71. The van der Waals surface area contributed by atoms with Crippen LogP contribution in [0.15, 0.2) is 54.6 Å². The fourth-order valence-corrected chi connectivity index (χ4v) is 4.73. The van der Waals surface area contributed by atoms with E-state index in [0.717, 1.165) is 53.2 Å². The number of benzene rings is 2. The highest BCUT2D eigenvalue weighted by atomic mass is 35.5. The van der Waals surface area contributed by atoms with Crippen molar-refractivity contribution in [3.63, 3.8) is 0 Å². The average molecular weight is 461 g/mol. The summed E-state index contributed by atoms with van der Waals surface area (Å²) >= 11 is 6.06. The highest BCUT2D eigenvalue weighted by molar-refractivity contribution is 6.30. The van der Waals surface area contributed by atoms with Crippen LogP contribution in [0.5, 0.6) is 0 Å². The number of nitrogens with zero attached hydrogens (tertiary/aromatic N) is 5. The van der Waals surface area contributed by atoms with Gasteiger partial charge in [-0.3, -0.25) is 4.79 Å². The second kappa shape index (κ2) is 8.83. The van der Waals surface area contributed by atoms with Crippen molar-refractivity contribution in [1.82, 2.24) is 20.0 Å². The lowest BCUT2D eigenvalue weighted by atomic mass is 9.97. The number of para-hydroxylation sites is 1. The number of carbonyl (C=O) groups is 1. The van der Waals surface area contributed by atoms with Crippen LogP contribution in [-0.4, -0.2) is 39.0 Å². The number of piperidine rings is 1. The van der Waals surface area contributed by atoms with Gasteiger partial charge in [-0.25, -0.2) is 4.68 Å². The van der Waals surface area contributed by atoms with Gasteiger partial charge in [-0.15, -0.1) is 5.10 Å². The summed E-state index contributed by atoms with van der Waals surface area (Å²) in [5, 5.41) is 18.5. The van der Waals surface area contributed by atoms with Crippen LogP contribution in [0, 0.1) is 19.8 Å². The monoisotopic (exact) mass is 460 g/mol. The Kier molecular flexibility index (Phi) is 5.72. The van der Waals surface area contributed by atoms with Crippen molar-refractivity contribution in [1.29, 1.82) is 0 Å². The molecule has 1 amide bonds. The minimum atomic E-state index is -0.159. The first kappa shape index (κ1) is 21.4. The van der Waals surface area contributed by atoms with E-state index in [1.165, 1.54) is 0 Å². The highest BCUT2D eigenvalue weighted by Crippen LogP contribution is 2.32. The predicted molar refractivity (Wildman–Crippen MR) is 131 cm³/mol. The van der Waals surface area contributed by atoms with Gasteiger partial charge in [0.1, 0.15) is 5.52 Å². The van der Waals surface area contributed by atoms with Gasteiger partial charge in [0.05, 0.1) is 28.4 Å². The summed E-state index contributed by atoms with van der Waals surface area (Å²) in [5.41, 5.74) is 4.39. The van der Waals surface area contributed by atoms with Crippen molar-refractivity contribution in [3.05, 3.63) is 71.0 Å². The van der Waals surface area contributed by atoms with E-state index in [-0.39, 0.29) is 11.8 Å². The zero-order valence-electron chi connectivity index (χ0n) is 18.6. The van der Waals surface area contributed by atoms with Gasteiger partial charge in [0.25, 0.3) is 0 Å². The minimum absolute atomic E-state index is 0.00993. The number of hydrogen-bond acceptors (Lipinski definition) is 5. The molecule has 1 aliphatic heterocycles. The minimum Gasteiger partial charge on any atom is -0.352 e. The molecule has 168 valence electrons. The molecule has 1 fully saturated rings. The van der Waals surface area contributed by atoms with E-state index in [4.69, 9.17) is 16.7 Å². The van der Waals surface area contributed by atoms with Gasteiger partial charge in [0.15, 0.2) is 5.82 Å². The summed E-state index contributed by atoms with van der Waals surface area (Å²) in [6.45, 7) is 5.39. The van der Waals surface area contributed by atoms with Crippen LogP contribution >= 0.6 is 11.6 Å². The lowest BCUT2D eigenvalue weighted by molar-refractivity contribution is -0.120. The molecule has 0 spiro atoms. The standard InChI is InChI=1S/C25H25ClN6O/c1-16-22-17(2)32(21-11-4-3-5-12-21)30-23(22)24(29-28-16)31-13-7-8-18(15-31)25(33)27-20-10-6-9-19(26)14-20/h3-6,9-12,14,18H,7-8,13,15H2,1-2H3,(H,27,33)/t18-/m0/s1. The Morgan fingerprint density at radius 3 is 2.70 bits per heavy atom. The number of fused-ring (bicyclic) bond motifs is 1. The van der Waals surface area contributed by atoms with Crippen LogP contribution in [0.2, 0.25) is 5.02 Å². The highest BCUT2D eigenvalue weighted by Gasteiger charge is 2.29. The topological polar surface area (TPSA) is 75.9 Å². The molecule has 4 aromatic rings. The third kappa shape index (κ3) is 4.16. The van der Waals surface area contributed by atoms with Gasteiger partial charge in [0.2, 0.25) is 5.91 Å². The number of hydrogen-bond donors (Lipinski definition) is 1. The van der Waals surface area contributed by atoms with E-state index in [0.29, 0.717) is 17.3 Å². The number of anilines is 2. The number of amides is 1. The van der Waals surface area contributed by atoms with Gasteiger partial charge in [0, 0.05) is 23.8 Å². The first-order chi connectivity index (χ1) is 16.0. The SMILES string of the molecule is Cc1nnc(N2CCC[C@H](C(=O)Nc3cccc(Cl)c3)C2)c2nn(-c3ccccc3)c(C)c12. The smallest absolute Gasteiger partial charge is 0.229 e. The number of aromatic nitrogens is 4. The summed E-state index contributed by atoms with van der Waals surface area (Å²) in [5.74, 6) is 0.561. The molecule has 5 rings (SSSR count). The van der Waals surface area contributed by atoms with Gasteiger partial charge in [-0.2, -0.15) is 10.2 Å². The average Bonchev–Trinajstić information content (AvgIpc) is 3.18. The van der Waals surface area contributed by atoms with Crippen molar-refractivity contribution < 1.29 is 4.79 Å². The van der Waals surface area contributed by atoms with E-state index in [1.807, 2.05) is 54.1 Å². The number of aryl methyl sites for hydroxylation is 2. The second-order valence-electron chi connectivity index (χ2n) is 8.45. The van der Waals surface area contributed by atoms with Crippen molar-refractivity contribution in [2.24, 2.45) is 5.92 Å². The molecule has 8 heteroatoms. The van der Waals surface area contributed by atoms with E-state index < -0.39 is 0 Å². The lowest BCUT2D eigenvalue weighted by Gasteiger charge is -2.32. The van der Waals surface area contributed by atoms with E-state index >= 15 is 0 Å². The van der Waals surface area contributed by atoms with Gasteiger partial charge in [-0.05, 0) is 57.0 Å². The van der Waals surface area contributed by atoms with E-state index in [2.05, 4.69) is 27.3 Å². The fraction of sp³-hybridized carbons (Fsp3) is 0.280. The van der Waals surface area contributed by atoms with Crippen molar-refractivity contribution in [3.8, 4) is 5.69 Å². The van der Waals surface area contributed by atoms with Crippen LogP contribution in [0.3, 0.4) is 0 Å². The molecule has 1 saturated heterocycles. The van der Waals surface area contributed by atoms with E-state index in [9.17, 15) is 4.79 Å². The Labute approximate surface area is 197 Å². The molecule has 1 atom stereocenters. The van der Waals surface area contributed by atoms with Crippen molar-refractivity contribution in [2.45, 2.75) is 26.7 Å². The summed E-state index contributed by atoms with van der Waals surface area (Å²) < 4.78 is 1.94. The molecular formula is C25H25ClN6O. The third-order valence-electron chi connectivity index (χ3n) is 6.17. The molecular weight excluding hydrogens is 436 g/mol. The lowest BCUT2D eigenvalue weighted by Crippen LogP contribution is -2.41. The molecule has 1 N–H and O–H groups in total. The third-order valence-corrected chi connectivity index (χ3v) is 6.40. The maximum absolute atomic E-state index is 13.0. The first-order valence-corrected chi connectivity index (χ1v) is 11.5. The van der Waals surface area contributed by atoms with Gasteiger partial charge in [-0.1, -0.05) is 35.9 Å². The molecule has 2 aromatic heterocycles. The maximum atomic E-state index is 13.0. The molecule has 0 saturated carbocycles. The summed E-state index contributed by atoms with van der Waals surface area (Å²) in [6, 6.07) is 17.3. The molecule has 2 aromatic carbocycles. The molecule has 3 heterocycles. The number of carbonyl (C=O) groups excluding carboxylic acids is 1. The first-order valence-electron chi connectivity index (χ1n) is 11.1. The largest absolute Gasteiger partial charge is 0.352 e. The Morgan fingerprint density at radius 2 is 1.91 bits per heavy atom. The summed E-state index contributed by atoms with van der Waals surface area (Å²) in [4.78, 5) is 15.1. The van der Waals surface area contributed by atoms with Crippen LogP contribution in [0.1, 0.15) is 24.2 Å². The van der Waals surface area contributed by atoms with Crippen molar-refractivity contribution >= 4 is 39.9 Å². The Balaban J connectivity index is 1.45. The molecule has 0 radical (unpaired) electrons. The predicted octanol–water partition coefficient (Wildman–Crippen LogP) is 4.94. The fourth-order valence-electron chi connectivity index (χ4n) is 4.54. The van der Waals surface area contributed by atoms with Crippen LogP contribution in [0.25, 0.3) is 16.6 Å². The normalized spacial score (nSPS) is 16.2. The Hall–Kier alpha value is -3.45. The molecule has 7 nitrogen and oxygen atoms in total. The quantitative estimate of drug-likeness (QED) is 0.466. The van der Waals surface area contributed by atoms with Crippen molar-refractivity contribution in [2.75, 3.05) is 23.3 Å². The Morgan fingerprint density at radius 1 is 1.09 bits per heavy atom. The molecule has 0 aliphatic carbocycles. The number of halogens is 1. The second-order valence-corrected chi connectivity index (χ2v) is 8.89. The summed E-state index contributed by atoms with van der Waals surface area (Å²) in [7, 11) is 0. The number of rotatable bonds is 4. The molecule has 0 bridgehead atoms. The zero-order chi connectivity index (χ0) is 22.9. The zero-order valence-corrected chi connectivity index (χ0v) is 19.4. The van der Waals surface area contributed by atoms with Crippen LogP contribution in [-0.2, 0) is 4.79 Å². The maximum Gasteiger partial charge on any atom is 0.229 e. The molecule has 33 heavy (non-hydrogen) atoms. The van der Waals surface area contributed by atoms with Crippen LogP contribution < -0.4 is 10.2 Å².